The fourth-order valence-corrected chi connectivity index (χ4v) is 3.06. The van der Waals surface area contributed by atoms with Gasteiger partial charge in [0.2, 0.25) is 5.96 Å². The quantitative estimate of drug-likeness (QED) is 0.492. The van der Waals surface area contributed by atoms with E-state index in [4.69, 9.17) is 17.3 Å². The van der Waals surface area contributed by atoms with Crippen molar-refractivity contribution in [2.24, 2.45) is 10.9 Å². The number of fused-ring (bicyclic) bond motifs is 1. The van der Waals surface area contributed by atoms with E-state index in [1.54, 1.807) is 6.07 Å². The van der Waals surface area contributed by atoms with Gasteiger partial charge in [-0.15, -0.1) is 11.3 Å². The Balaban J connectivity index is 2.22. The van der Waals surface area contributed by atoms with Crippen molar-refractivity contribution >= 4 is 55.0 Å². The number of hydrogen-bond acceptors (Lipinski definition) is 6. The van der Waals surface area contributed by atoms with Crippen molar-refractivity contribution in [1.82, 2.24) is 5.32 Å². The van der Waals surface area contributed by atoms with Gasteiger partial charge in [-0.1, -0.05) is 17.7 Å². The third kappa shape index (κ3) is 3.87. The van der Waals surface area contributed by atoms with Crippen LogP contribution in [0.1, 0.15) is 15.2 Å². The minimum Gasteiger partial charge on any atom is -0.367 e. The van der Waals surface area contributed by atoms with E-state index in [-0.39, 0.29) is 0 Å². The second-order valence-electron chi connectivity index (χ2n) is 4.43. The van der Waals surface area contributed by atoms with Crippen molar-refractivity contribution < 1.29 is 17.5 Å². The predicted molar refractivity (Wildman–Crippen MR) is 86.6 cm³/mol. The van der Waals surface area contributed by atoms with E-state index >= 15 is 0 Å². The van der Waals surface area contributed by atoms with Gasteiger partial charge in [0.15, 0.2) is 0 Å². The van der Waals surface area contributed by atoms with Crippen LogP contribution in [-0.4, -0.2) is 26.5 Å². The molecule has 2 rings (SSSR count). The number of halogens is 1. The number of guanidine groups is 1. The zero-order valence-electron chi connectivity index (χ0n) is 11.6. The number of nitrogens with two attached hydrogens (primary N) is 1. The summed E-state index contributed by atoms with van der Waals surface area (Å²) in [4.78, 5) is 12.4. The van der Waals surface area contributed by atoms with Crippen LogP contribution in [0.2, 0.25) is 5.02 Å². The molecule has 7 nitrogen and oxygen atoms in total. The maximum Gasteiger partial charge on any atom is 0.325 e. The molecule has 1 amide bonds. The molecule has 1 aromatic carbocycles. The molecule has 0 saturated heterocycles. The zero-order valence-corrected chi connectivity index (χ0v) is 14.0. The first-order valence-corrected chi connectivity index (χ1v) is 8.90. The molecule has 1 aromatic heterocycles. The lowest BCUT2D eigenvalue weighted by molar-refractivity contribution is 0.0979. The van der Waals surface area contributed by atoms with Gasteiger partial charge in [0, 0.05) is 10.1 Å². The van der Waals surface area contributed by atoms with Gasteiger partial charge < -0.3 is 5.73 Å². The Morgan fingerprint density at radius 3 is 2.77 bits per heavy atom. The highest BCUT2D eigenvalue weighted by molar-refractivity contribution is 7.85. The summed E-state index contributed by atoms with van der Waals surface area (Å²) in [5.74, 6) is -0.997. The van der Waals surface area contributed by atoms with Gasteiger partial charge in [0.05, 0.1) is 16.2 Å². The molecule has 10 heteroatoms. The second kappa shape index (κ2) is 6.11. The summed E-state index contributed by atoms with van der Waals surface area (Å²) < 4.78 is 26.5. The first-order chi connectivity index (χ1) is 10.2. The first-order valence-electron chi connectivity index (χ1n) is 5.89. The summed E-state index contributed by atoms with van der Waals surface area (Å²) in [6, 6.07) is 5.36. The number of nitrogens with zero attached hydrogens (tertiary/aromatic N) is 1. The zero-order chi connectivity index (χ0) is 16.5. The lowest BCUT2D eigenvalue weighted by Crippen LogP contribution is -2.36. The number of aryl methyl sites for hydroxylation is 1. The minimum atomic E-state index is -3.78. The summed E-state index contributed by atoms with van der Waals surface area (Å²) in [5, 5.41) is 6.67. The molecule has 0 radical (unpaired) electrons. The number of amides is 1. The van der Waals surface area contributed by atoms with E-state index in [9.17, 15) is 13.2 Å². The Labute approximate surface area is 135 Å². The summed E-state index contributed by atoms with van der Waals surface area (Å²) in [7, 11) is -3.78. The molecule has 22 heavy (non-hydrogen) atoms. The van der Waals surface area contributed by atoms with Gasteiger partial charge in [-0.05, 0) is 29.8 Å². The fourth-order valence-electron chi connectivity index (χ4n) is 1.61. The van der Waals surface area contributed by atoms with Crippen molar-refractivity contribution in [2.75, 3.05) is 6.26 Å². The first kappa shape index (κ1) is 16.5. The number of thiophene rings is 1. The lowest BCUT2D eigenvalue weighted by atomic mass is 10.2. The number of oxime groups is 1. The van der Waals surface area contributed by atoms with Crippen LogP contribution >= 0.6 is 22.9 Å². The van der Waals surface area contributed by atoms with E-state index in [1.807, 2.05) is 19.1 Å². The molecule has 3 N–H and O–H groups in total. The molecule has 0 atom stereocenters. The van der Waals surface area contributed by atoms with E-state index in [0.717, 1.165) is 21.9 Å². The molecular weight excluding hydrogens is 350 g/mol. The largest absolute Gasteiger partial charge is 0.367 e. The smallest absolute Gasteiger partial charge is 0.325 e. The van der Waals surface area contributed by atoms with E-state index < -0.39 is 22.0 Å². The van der Waals surface area contributed by atoms with Crippen LogP contribution in [0.15, 0.2) is 23.4 Å². The highest BCUT2D eigenvalue weighted by atomic mass is 35.5. The van der Waals surface area contributed by atoms with E-state index in [1.165, 1.54) is 11.3 Å². The molecule has 0 saturated carbocycles. The van der Waals surface area contributed by atoms with Gasteiger partial charge >= 0.3 is 10.1 Å². The average molecular weight is 362 g/mol. The third-order valence-electron chi connectivity index (χ3n) is 2.56. The van der Waals surface area contributed by atoms with Gasteiger partial charge in [-0.25, -0.2) is 0 Å². The standard InChI is InChI=1S/C12H12ClN3O4S2/c1-6-3-4-8-7(10(6)13)5-9(21-8)11(17)15-12(14)16-20-22(2,18)19/h3-5H,1-2H3,(H3,14,15,16,17). The van der Waals surface area contributed by atoms with Gasteiger partial charge in [-0.3, -0.25) is 14.4 Å². The van der Waals surface area contributed by atoms with Crippen LogP contribution in [0, 0.1) is 6.92 Å². The van der Waals surface area contributed by atoms with Gasteiger partial charge in [0.1, 0.15) is 0 Å². The molecule has 1 heterocycles. The maximum atomic E-state index is 12.0. The molecule has 2 aromatic rings. The number of nitrogens with one attached hydrogen (secondary N) is 1. The SMILES string of the molecule is Cc1ccc2sc(C(=O)NC(N)=NOS(C)(=O)=O)cc2c1Cl. The molecule has 0 bridgehead atoms. The molecule has 0 unspecified atom stereocenters. The highest BCUT2D eigenvalue weighted by Gasteiger charge is 2.14. The molecule has 0 fully saturated rings. The van der Waals surface area contributed by atoms with E-state index in [2.05, 4.69) is 14.8 Å². The minimum absolute atomic E-state index is 0.361. The molecule has 0 aliphatic carbocycles. The number of carbonyl (C=O) groups is 1. The lowest BCUT2D eigenvalue weighted by Gasteiger charge is -2.01. The summed E-state index contributed by atoms with van der Waals surface area (Å²) in [6.45, 7) is 1.87. The molecule has 118 valence electrons. The molecule has 0 aliphatic heterocycles. The van der Waals surface area contributed by atoms with Crippen LogP contribution in [0.4, 0.5) is 0 Å². The Morgan fingerprint density at radius 2 is 2.14 bits per heavy atom. The normalized spacial score (nSPS) is 12.4. The molecule has 0 aliphatic rings. The molecular formula is C12H12ClN3O4S2. The van der Waals surface area contributed by atoms with Crippen LogP contribution in [0.25, 0.3) is 10.1 Å². The highest BCUT2D eigenvalue weighted by Crippen LogP contribution is 2.33. The van der Waals surface area contributed by atoms with Crippen LogP contribution in [-0.2, 0) is 14.4 Å². The average Bonchev–Trinajstić information content (AvgIpc) is 2.85. The Morgan fingerprint density at radius 1 is 1.45 bits per heavy atom. The molecule has 0 spiro atoms. The number of carbonyl (C=O) groups excluding carboxylic acids is 1. The fraction of sp³-hybridized carbons (Fsp3) is 0.167. The second-order valence-corrected chi connectivity index (χ2v) is 7.45. The van der Waals surface area contributed by atoms with Crippen molar-refractivity contribution in [3.05, 3.63) is 33.7 Å². The topological polar surface area (TPSA) is 111 Å². The van der Waals surface area contributed by atoms with Crippen LogP contribution in [0.5, 0.6) is 0 Å². The summed E-state index contributed by atoms with van der Waals surface area (Å²) in [6.07, 6.45) is 0.807. The maximum absolute atomic E-state index is 12.0. The Bertz CT molecular complexity index is 874. The Hall–Kier alpha value is -1.84. The van der Waals surface area contributed by atoms with E-state index in [0.29, 0.717) is 9.90 Å². The number of hydrogen-bond donors (Lipinski definition) is 2. The monoisotopic (exact) mass is 361 g/mol. The van der Waals surface area contributed by atoms with Gasteiger partial charge in [-0.2, -0.15) is 8.42 Å². The number of rotatable bonds is 3. The predicted octanol–water partition coefficient (Wildman–Crippen LogP) is 1.80. The summed E-state index contributed by atoms with van der Waals surface area (Å²) >= 11 is 7.42. The van der Waals surface area contributed by atoms with Crippen LogP contribution in [0.3, 0.4) is 0 Å². The van der Waals surface area contributed by atoms with Crippen molar-refractivity contribution in [1.29, 1.82) is 0 Å². The van der Waals surface area contributed by atoms with Crippen LogP contribution < -0.4 is 11.1 Å². The Kier molecular flexibility index (Phi) is 4.59. The van der Waals surface area contributed by atoms with Crippen molar-refractivity contribution in [3.63, 3.8) is 0 Å². The number of benzene rings is 1. The summed E-state index contributed by atoms with van der Waals surface area (Å²) in [5.41, 5.74) is 6.28. The van der Waals surface area contributed by atoms with Gasteiger partial charge in [0.25, 0.3) is 5.91 Å². The third-order valence-corrected chi connectivity index (χ3v) is 4.51. The van der Waals surface area contributed by atoms with Crippen molar-refractivity contribution in [2.45, 2.75) is 6.92 Å². The van der Waals surface area contributed by atoms with Crippen molar-refractivity contribution in [3.8, 4) is 0 Å².